The summed E-state index contributed by atoms with van der Waals surface area (Å²) < 4.78 is 5.48. The monoisotopic (exact) mass is 448 g/mol. The Morgan fingerprint density at radius 3 is 2.67 bits per heavy atom. The molecule has 1 saturated heterocycles. The second kappa shape index (κ2) is 9.06. The van der Waals surface area contributed by atoms with E-state index in [1.54, 1.807) is 28.1 Å². The van der Waals surface area contributed by atoms with Gasteiger partial charge in [-0.15, -0.1) is 0 Å². The normalized spacial score (nSPS) is 16.9. The molecule has 0 N–H and O–H groups in total. The maximum absolute atomic E-state index is 13.5. The van der Waals surface area contributed by atoms with Crippen LogP contribution >= 0.6 is 0 Å². The van der Waals surface area contributed by atoms with E-state index in [4.69, 9.17) is 4.74 Å². The van der Waals surface area contributed by atoms with Crippen molar-refractivity contribution in [3.05, 3.63) is 47.9 Å². The predicted molar refractivity (Wildman–Crippen MR) is 122 cm³/mol. The van der Waals surface area contributed by atoms with Crippen LogP contribution in [0.5, 0.6) is 0 Å². The van der Waals surface area contributed by atoms with Crippen molar-refractivity contribution in [1.29, 1.82) is 5.26 Å². The fourth-order valence-corrected chi connectivity index (χ4v) is 4.19. The number of likely N-dealkylation sites (tertiary alicyclic amines) is 1. The molecule has 9 nitrogen and oxygen atoms in total. The summed E-state index contributed by atoms with van der Waals surface area (Å²) in [4.78, 5) is 39.4. The molecule has 0 atom stereocenters. The third-order valence-electron chi connectivity index (χ3n) is 5.76. The van der Waals surface area contributed by atoms with Crippen molar-refractivity contribution in [1.82, 2.24) is 19.8 Å². The van der Waals surface area contributed by atoms with E-state index in [1.165, 1.54) is 6.20 Å². The molecule has 0 radical (unpaired) electrons. The molecule has 2 aromatic heterocycles. The van der Waals surface area contributed by atoms with Gasteiger partial charge in [0.25, 0.3) is 0 Å². The van der Waals surface area contributed by atoms with Crippen molar-refractivity contribution >= 4 is 23.6 Å². The molecule has 0 bridgehead atoms. The smallest absolute Gasteiger partial charge is 0.410 e. The summed E-state index contributed by atoms with van der Waals surface area (Å²) in [6, 6.07) is 8.98. The summed E-state index contributed by atoms with van der Waals surface area (Å²) in [7, 11) is 0. The van der Waals surface area contributed by atoms with Crippen LogP contribution in [0.4, 0.5) is 21.1 Å². The molecule has 0 unspecified atom stereocenters. The van der Waals surface area contributed by atoms with E-state index >= 15 is 0 Å². The van der Waals surface area contributed by atoms with Crippen molar-refractivity contribution in [2.45, 2.75) is 45.8 Å². The Hall–Kier alpha value is -3.67. The van der Waals surface area contributed by atoms with Gasteiger partial charge in [0.15, 0.2) is 0 Å². The molecule has 3 amide bonds. The Kier molecular flexibility index (Phi) is 6.18. The van der Waals surface area contributed by atoms with Crippen molar-refractivity contribution in [2.24, 2.45) is 5.92 Å². The number of rotatable bonds is 3. The Morgan fingerprint density at radius 1 is 1.21 bits per heavy atom. The maximum Gasteiger partial charge on any atom is 0.410 e. The molecule has 0 saturated carbocycles. The maximum atomic E-state index is 13.5. The van der Waals surface area contributed by atoms with Gasteiger partial charge in [0.2, 0.25) is 0 Å². The number of carbonyl (C=O) groups is 2. The number of nitrogens with zero attached hydrogens (tertiary/aromatic N) is 6. The van der Waals surface area contributed by atoms with E-state index in [9.17, 15) is 14.9 Å². The molecule has 1 fully saturated rings. The van der Waals surface area contributed by atoms with E-state index in [-0.39, 0.29) is 23.7 Å². The second-order valence-corrected chi connectivity index (χ2v) is 9.41. The molecule has 33 heavy (non-hydrogen) atoms. The zero-order valence-electron chi connectivity index (χ0n) is 19.2. The van der Waals surface area contributed by atoms with Gasteiger partial charge in [-0.2, -0.15) is 5.26 Å². The molecule has 2 aliphatic heterocycles. The molecule has 172 valence electrons. The van der Waals surface area contributed by atoms with Crippen LogP contribution in [0.15, 0.2) is 36.7 Å². The van der Waals surface area contributed by atoms with E-state index in [1.807, 2.05) is 43.9 Å². The number of ether oxygens (including phenoxy) is 1. The molecule has 0 aliphatic carbocycles. The fraction of sp³-hybridized carbons (Fsp3) is 0.458. The van der Waals surface area contributed by atoms with E-state index in [0.29, 0.717) is 37.7 Å². The van der Waals surface area contributed by atoms with Crippen LogP contribution in [0.2, 0.25) is 0 Å². The van der Waals surface area contributed by atoms with Gasteiger partial charge >= 0.3 is 12.1 Å². The highest BCUT2D eigenvalue weighted by molar-refractivity contribution is 6.00. The average Bonchev–Trinajstić information content (AvgIpc) is 2.79. The number of anilines is 2. The highest BCUT2D eigenvalue weighted by Gasteiger charge is 2.35. The fourth-order valence-electron chi connectivity index (χ4n) is 4.19. The van der Waals surface area contributed by atoms with Crippen molar-refractivity contribution in [2.75, 3.05) is 24.5 Å². The van der Waals surface area contributed by atoms with Crippen molar-refractivity contribution in [3.63, 3.8) is 0 Å². The quantitative estimate of drug-likeness (QED) is 0.701. The zero-order valence-corrected chi connectivity index (χ0v) is 19.2. The van der Waals surface area contributed by atoms with E-state index in [2.05, 4.69) is 9.97 Å². The van der Waals surface area contributed by atoms with Gasteiger partial charge < -0.3 is 14.5 Å². The van der Waals surface area contributed by atoms with E-state index < -0.39 is 5.60 Å². The predicted octanol–water partition coefficient (Wildman–Crippen LogP) is 4.07. The number of pyridine rings is 2. The summed E-state index contributed by atoms with van der Waals surface area (Å²) in [5.41, 5.74) is 1.23. The lowest BCUT2D eigenvalue weighted by Gasteiger charge is -2.39. The molecule has 4 heterocycles. The molecule has 0 spiro atoms. The highest BCUT2D eigenvalue weighted by Crippen LogP contribution is 2.34. The first-order valence-electron chi connectivity index (χ1n) is 11.1. The third kappa shape index (κ3) is 5.06. The summed E-state index contributed by atoms with van der Waals surface area (Å²) in [6.07, 6.45) is 4.50. The molecule has 2 aromatic rings. The van der Waals surface area contributed by atoms with Gasteiger partial charge in [-0.1, -0.05) is 6.07 Å². The van der Waals surface area contributed by atoms with Crippen LogP contribution in [0.25, 0.3) is 0 Å². The van der Waals surface area contributed by atoms with Gasteiger partial charge in [-0.05, 0) is 57.7 Å². The lowest BCUT2D eigenvalue weighted by molar-refractivity contribution is 0.0173. The number of urea groups is 1. The highest BCUT2D eigenvalue weighted by atomic mass is 16.6. The third-order valence-corrected chi connectivity index (χ3v) is 5.76. The van der Waals surface area contributed by atoms with E-state index in [0.717, 1.165) is 18.4 Å². The number of nitriles is 1. The number of hydrogen-bond donors (Lipinski definition) is 0. The largest absolute Gasteiger partial charge is 0.444 e. The number of amides is 3. The average molecular weight is 449 g/mol. The van der Waals surface area contributed by atoms with Crippen molar-refractivity contribution in [3.8, 4) is 6.07 Å². The first-order chi connectivity index (χ1) is 15.7. The standard InChI is InChI=1S/C24H28N6O3/c1-24(2,3)33-23(32)28-11-7-17(8-12-28)15-29-16-18-5-4-9-27-21(18)30(22(29)31)20-6-10-26-19(13-20)14-25/h4-6,9-10,13,17H,7-8,11-12,15-16H2,1-3H3. The molecule has 0 aromatic carbocycles. The van der Waals surface area contributed by atoms with Gasteiger partial charge in [0.1, 0.15) is 23.2 Å². The van der Waals surface area contributed by atoms with Crippen LogP contribution in [-0.4, -0.2) is 57.1 Å². The Balaban J connectivity index is 1.48. The minimum atomic E-state index is -0.516. The molecule has 2 aliphatic rings. The topological polar surface area (TPSA) is 103 Å². The molecule has 4 rings (SSSR count). The SMILES string of the molecule is CC(C)(C)OC(=O)N1CCC(CN2Cc3cccnc3N(c3ccnc(C#N)c3)C2=O)CC1. The van der Waals surface area contributed by atoms with Gasteiger partial charge in [0, 0.05) is 37.6 Å². The van der Waals surface area contributed by atoms with Gasteiger partial charge in [-0.25, -0.2) is 24.5 Å². The summed E-state index contributed by atoms with van der Waals surface area (Å²) in [5, 5.41) is 9.23. The van der Waals surface area contributed by atoms with Crippen LogP contribution in [-0.2, 0) is 11.3 Å². The van der Waals surface area contributed by atoms with Crippen LogP contribution < -0.4 is 4.90 Å². The van der Waals surface area contributed by atoms with Crippen LogP contribution in [0, 0.1) is 17.2 Å². The Bertz CT molecular complexity index is 1080. The zero-order chi connectivity index (χ0) is 23.6. The Labute approximate surface area is 193 Å². The summed E-state index contributed by atoms with van der Waals surface area (Å²) in [6.45, 7) is 7.86. The van der Waals surface area contributed by atoms with Crippen LogP contribution in [0.1, 0.15) is 44.9 Å². The number of piperidine rings is 1. The van der Waals surface area contributed by atoms with Crippen molar-refractivity contribution < 1.29 is 14.3 Å². The first kappa shape index (κ1) is 22.5. The minimum absolute atomic E-state index is 0.175. The first-order valence-corrected chi connectivity index (χ1v) is 11.1. The van der Waals surface area contributed by atoms with Crippen LogP contribution in [0.3, 0.4) is 0 Å². The lowest BCUT2D eigenvalue weighted by Crippen LogP contribution is -2.49. The summed E-state index contributed by atoms with van der Waals surface area (Å²) in [5.74, 6) is 0.855. The molecular weight excluding hydrogens is 420 g/mol. The number of fused-ring (bicyclic) bond motifs is 1. The molecule has 9 heteroatoms. The summed E-state index contributed by atoms with van der Waals surface area (Å²) >= 11 is 0. The number of hydrogen-bond acceptors (Lipinski definition) is 6. The number of carbonyl (C=O) groups excluding carboxylic acids is 2. The Morgan fingerprint density at radius 2 is 1.97 bits per heavy atom. The second-order valence-electron chi connectivity index (χ2n) is 9.41. The van der Waals surface area contributed by atoms with Gasteiger partial charge in [0.05, 0.1) is 12.2 Å². The lowest BCUT2D eigenvalue weighted by atomic mass is 9.96. The number of aromatic nitrogens is 2. The van der Waals surface area contributed by atoms with Gasteiger partial charge in [-0.3, -0.25) is 0 Å². The minimum Gasteiger partial charge on any atom is -0.444 e. The molecular formula is C24H28N6O3.